The molecule has 0 radical (unpaired) electrons. The van der Waals surface area contributed by atoms with Gasteiger partial charge >= 0.3 is 0 Å². The maximum atomic E-state index is 12.0. The average molecular weight is 258 g/mol. The van der Waals surface area contributed by atoms with Gasteiger partial charge in [0.05, 0.1) is 5.92 Å². The molecule has 1 aromatic rings. The molecule has 0 N–H and O–H groups in total. The molecule has 1 aromatic carbocycles. The molecule has 0 saturated heterocycles. The van der Waals surface area contributed by atoms with Gasteiger partial charge in [0.15, 0.2) is 0 Å². The molecular weight excluding hydrogens is 236 g/mol. The fourth-order valence-corrected chi connectivity index (χ4v) is 2.87. The van der Waals surface area contributed by atoms with Crippen molar-refractivity contribution in [1.29, 1.82) is 0 Å². The first-order valence-corrected chi connectivity index (χ1v) is 7.11. The van der Waals surface area contributed by atoms with Crippen molar-refractivity contribution < 1.29 is 9.59 Å². The predicted octanol–water partition coefficient (Wildman–Crippen LogP) is 3.48. The first kappa shape index (κ1) is 14.0. The summed E-state index contributed by atoms with van der Waals surface area (Å²) in [6.45, 7) is 6.33. The third kappa shape index (κ3) is 3.12. The number of hydrogen-bond acceptors (Lipinski definition) is 2. The van der Waals surface area contributed by atoms with Crippen molar-refractivity contribution in [1.82, 2.24) is 0 Å². The van der Waals surface area contributed by atoms with Gasteiger partial charge in [-0.1, -0.05) is 12.1 Å². The molecule has 2 heteroatoms. The lowest BCUT2D eigenvalue weighted by Gasteiger charge is -2.10. The van der Waals surface area contributed by atoms with Gasteiger partial charge in [-0.05, 0) is 62.3 Å². The van der Waals surface area contributed by atoms with Gasteiger partial charge in [-0.15, -0.1) is 0 Å². The molecule has 1 aliphatic rings. The van der Waals surface area contributed by atoms with Crippen LogP contribution in [0.4, 0.5) is 0 Å². The lowest BCUT2D eigenvalue weighted by Crippen LogP contribution is -2.19. The smallest absolute Gasteiger partial charge is 0.143 e. The van der Waals surface area contributed by atoms with E-state index in [1.165, 1.54) is 22.3 Å². The van der Waals surface area contributed by atoms with Crippen molar-refractivity contribution in [3.05, 3.63) is 34.4 Å². The number of hydrogen-bond donors (Lipinski definition) is 0. The molecule has 1 saturated carbocycles. The third-order valence-electron chi connectivity index (χ3n) is 4.34. The first-order chi connectivity index (χ1) is 8.99. The van der Waals surface area contributed by atoms with Crippen molar-refractivity contribution in [2.45, 2.75) is 52.9 Å². The quantitative estimate of drug-likeness (QED) is 0.775. The molecule has 0 aromatic heterocycles. The molecule has 0 heterocycles. The number of benzene rings is 1. The van der Waals surface area contributed by atoms with Crippen LogP contribution in [0.3, 0.4) is 0 Å². The summed E-state index contributed by atoms with van der Waals surface area (Å²) >= 11 is 0. The summed E-state index contributed by atoms with van der Waals surface area (Å²) < 4.78 is 0. The molecule has 0 spiro atoms. The fraction of sp³-hybridized carbons (Fsp3) is 0.529. The third-order valence-corrected chi connectivity index (χ3v) is 4.34. The van der Waals surface area contributed by atoms with Crippen LogP contribution in [0.25, 0.3) is 0 Å². The van der Waals surface area contributed by atoms with Crippen molar-refractivity contribution >= 4 is 11.6 Å². The van der Waals surface area contributed by atoms with Crippen LogP contribution < -0.4 is 0 Å². The molecule has 0 amide bonds. The molecule has 0 bridgehead atoms. The monoisotopic (exact) mass is 258 g/mol. The van der Waals surface area contributed by atoms with E-state index in [1.54, 1.807) is 0 Å². The first-order valence-electron chi connectivity index (χ1n) is 7.11. The topological polar surface area (TPSA) is 34.1 Å². The van der Waals surface area contributed by atoms with Gasteiger partial charge in [-0.3, -0.25) is 9.59 Å². The van der Waals surface area contributed by atoms with Crippen LogP contribution in [-0.4, -0.2) is 11.6 Å². The fourth-order valence-electron chi connectivity index (χ4n) is 2.87. The van der Waals surface area contributed by atoms with Gasteiger partial charge in [0.1, 0.15) is 11.6 Å². The van der Waals surface area contributed by atoms with Crippen LogP contribution in [-0.2, 0) is 16.0 Å². The van der Waals surface area contributed by atoms with E-state index in [1.807, 2.05) is 0 Å². The van der Waals surface area contributed by atoms with E-state index in [0.29, 0.717) is 12.8 Å². The maximum absolute atomic E-state index is 12.0. The Morgan fingerprint density at radius 2 is 1.84 bits per heavy atom. The Hall–Kier alpha value is -1.44. The molecule has 1 fully saturated rings. The Kier molecular flexibility index (Phi) is 4.18. The number of Topliss-reactive ketones (excluding diaryl/α,β-unsaturated/α-hetero) is 2. The number of carbonyl (C=O) groups excluding carboxylic acids is 2. The second-order valence-corrected chi connectivity index (χ2v) is 5.73. The van der Waals surface area contributed by atoms with Crippen molar-refractivity contribution in [2.24, 2.45) is 5.92 Å². The van der Waals surface area contributed by atoms with Gasteiger partial charge in [0.25, 0.3) is 0 Å². The second-order valence-electron chi connectivity index (χ2n) is 5.73. The standard InChI is InChI=1S/C17H22O2/c1-11-9-14(10-12(2)13(11)3)7-8-17(19)15-5-4-6-16(15)18/h9-10,15H,4-8H2,1-3H3. The Morgan fingerprint density at radius 1 is 1.21 bits per heavy atom. The highest BCUT2D eigenvalue weighted by atomic mass is 16.2. The van der Waals surface area contributed by atoms with Crippen LogP contribution in [0.15, 0.2) is 12.1 Å². The average Bonchev–Trinajstić information content (AvgIpc) is 2.79. The van der Waals surface area contributed by atoms with E-state index in [4.69, 9.17) is 0 Å². The van der Waals surface area contributed by atoms with Crippen molar-refractivity contribution in [2.75, 3.05) is 0 Å². The zero-order chi connectivity index (χ0) is 14.0. The van der Waals surface area contributed by atoms with Crippen LogP contribution in [0, 0.1) is 26.7 Å². The lowest BCUT2D eigenvalue weighted by atomic mass is 9.93. The Balaban J connectivity index is 1.99. The summed E-state index contributed by atoms with van der Waals surface area (Å²) in [7, 11) is 0. The molecule has 19 heavy (non-hydrogen) atoms. The summed E-state index contributed by atoms with van der Waals surface area (Å²) in [6, 6.07) is 4.32. The normalized spacial score (nSPS) is 18.9. The van der Waals surface area contributed by atoms with Gasteiger partial charge in [0.2, 0.25) is 0 Å². The summed E-state index contributed by atoms with van der Waals surface area (Å²) in [5, 5.41) is 0. The van der Waals surface area contributed by atoms with E-state index >= 15 is 0 Å². The molecule has 102 valence electrons. The van der Waals surface area contributed by atoms with Gasteiger partial charge in [-0.2, -0.15) is 0 Å². The second kappa shape index (κ2) is 5.68. The van der Waals surface area contributed by atoms with Gasteiger partial charge in [-0.25, -0.2) is 0 Å². The van der Waals surface area contributed by atoms with Crippen LogP contribution >= 0.6 is 0 Å². The summed E-state index contributed by atoms with van der Waals surface area (Å²) in [6.07, 6.45) is 3.50. The summed E-state index contributed by atoms with van der Waals surface area (Å²) in [5.41, 5.74) is 5.08. The van der Waals surface area contributed by atoms with Gasteiger partial charge in [0, 0.05) is 12.8 Å². The Morgan fingerprint density at radius 3 is 2.37 bits per heavy atom. The number of carbonyl (C=O) groups is 2. The molecule has 1 unspecified atom stereocenters. The van der Waals surface area contributed by atoms with E-state index < -0.39 is 0 Å². The molecule has 0 aliphatic heterocycles. The minimum Gasteiger partial charge on any atom is -0.299 e. The van der Waals surface area contributed by atoms with E-state index in [2.05, 4.69) is 32.9 Å². The lowest BCUT2D eigenvalue weighted by molar-refractivity contribution is -0.130. The highest BCUT2D eigenvalue weighted by molar-refractivity contribution is 6.03. The molecular formula is C17H22O2. The molecule has 2 rings (SSSR count). The molecule has 1 aliphatic carbocycles. The number of aryl methyl sites for hydroxylation is 3. The zero-order valence-corrected chi connectivity index (χ0v) is 12.1. The van der Waals surface area contributed by atoms with Crippen molar-refractivity contribution in [3.8, 4) is 0 Å². The predicted molar refractivity (Wildman–Crippen MR) is 76.3 cm³/mol. The highest BCUT2D eigenvalue weighted by Gasteiger charge is 2.30. The zero-order valence-electron chi connectivity index (χ0n) is 12.1. The van der Waals surface area contributed by atoms with Gasteiger partial charge < -0.3 is 0 Å². The van der Waals surface area contributed by atoms with E-state index in [-0.39, 0.29) is 17.5 Å². The number of rotatable bonds is 4. The number of ketones is 2. The van der Waals surface area contributed by atoms with E-state index in [0.717, 1.165) is 19.3 Å². The van der Waals surface area contributed by atoms with Crippen LogP contribution in [0.1, 0.15) is 47.9 Å². The van der Waals surface area contributed by atoms with Crippen LogP contribution in [0.5, 0.6) is 0 Å². The Bertz CT molecular complexity index is 491. The van der Waals surface area contributed by atoms with Crippen LogP contribution in [0.2, 0.25) is 0 Å². The molecule has 1 atom stereocenters. The van der Waals surface area contributed by atoms with Crippen molar-refractivity contribution in [3.63, 3.8) is 0 Å². The maximum Gasteiger partial charge on any atom is 0.143 e. The summed E-state index contributed by atoms with van der Waals surface area (Å²) in [4.78, 5) is 23.6. The minimum atomic E-state index is -0.298. The minimum absolute atomic E-state index is 0.137. The summed E-state index contributed by atoms with van der Waals surface area (Å²) in [5.74, 6) is -0.00714. The highest BCUT2D eigenvalue weighted by Crippen LogP contribution is 2.24. The van der Waals surface area contributed by atoms with E-state index in [9.17, 15) is 9.59 Å². The Labute approximate surface area is 115 Å². The largest absolute Gasteiger partial charge is 0.299 e. The molecule has 2 nitrogen and oxygen atoms in total. The SMILES string of the molecule is Cc1cc(CCC(=O)C2CCCC2=O)cc(C)c1C.